The van der Waals surface area contributed by atoms with Gasteiger partial charge >= 0.3 is 11.9 Å². The van der Waals surface area contributed by atoms with E-state index in [1.807, 2.05) is 6.92 Å². The SMILES string of the molecule is CC[C@@H](C)[C@@H](NC(=O)CCC(=O)O)C(=O)O. The maximum atomic E-state index is 11.2. The Hall–Kier alpha value is -1.59. The molecule has 0 unspecified atom stereocenters. The van der Waals surface area contributed by atoms with Crippen LogP contribution in [0.1, 0.15) is 33.1 Å². The Morgan fingerprint density at radius 3 is 2.12 bits per heavy atom. The Morgan fingerprint density at radius 2 is 1.75 bits per heavy atom. The lowest BCUT2D eigenvalue weighted by Crippen LogP contribution is -2.45. The van der Waals surface area contributed by atoms with Crippen LogP contribution in [0.2, 0.25) is 0 Å². The van der Waals surface area contributed by atoms with Gasteiger partial charge in [-0.15, -0.1) is 0 Å². The predicted octanol–water partition coefficient (Wildman–Crippen LogP) is 0.467. The first-order valence-corrected chi connectivity index (χ1v) is 5.12. The summed E-state index contributed by atoms with van der Waals surface area (Å²) in [7, 11) is 0. The fourth-order valence-electron chi connectivity index (χ4n) is 1.15. The third-order valence-electron chi connectivity index (χ3n) is 2.36. The number of carbonyl (C=O) groups is 3. The first-order chi connectivity index (χ1) is 7.38. The summed E-state index contributed by atoms with van der Waals surface area (Å²) in [6.45, 7) is 3.54. The third-order valence-corrected chi connectivity index (χ3v) is 2.36. The lowest BCUT2D eigenvalue weighted by Gasteiger charge is -2.19. The molecule has 0 saturated heterocycles. The van der Waals surface area contributed by atoms with Crippen LogP contribution in [0.25, 0.3) is 0 Å². The molecule has 1 amide bonds. The number of hydrogen-bond donors (Lipinski definition) is 3. The highest BCUT2D eigenvalue weighted by atomic mass is 16.4. The molecule has 0 spiro atoms. The van der Waals surface area contributed by atoms with E-state index in [0.29, 0.717) is 6.42 Å². The average molecular weight is 231 g/mol. The average Bonchev–Trinajstić information content (AvgIpc) is 2.21. The number of carboxylic acids is 2. The van der Waals surface area contributed by atoms with Gasteiger partial charge < -0.3 is 15.5 Å². The summed E-state index contributed by atoms with van der Waals surface area (Å²) in [5.74, 6) is -2.91. The molecule has 0 saturated carbocycles. The largest absolute Gasteiger partial charge is 0.481 e. The normalized spacial score (nSPS) is 13.9. The van der Waals surface area contributed by atoms with Crippen molar-refractivity contribution < 1.29 is 24.6 Å². The molecule has 0 aromatic rings. The lowest BCUT2D eigenvalue weighted by molar-refractivity contribution is -0.143. The zero-order valence-electron chi connectivity index (χ0n) is 9.40. The zero-order chi connectivity index (χ0) is 12.7. The second-order valence-corrected chi connectivity index (χ2v) is 3.66. The van der Waals surface area contributed by atoms with E-state index >= 15 is 0 Å². The number of carboxylic acid groups (broad SMARTS) is 2. The van der Waals surface area contributed by atoms with Crippen molar-refractivity contribution in [3.05, 3.63) is 0 Å². The van der Waals surface area contributed by atoms with Gasteiger partial charge in [-0.1, -0.05) is 20.3 Å². The molecule has 16 heavy (non-hydrogen) atoms. The Bertz CT molecular complexity index is 276. The quantitative estimate of drug-likeness (QED) is 0.590. The summed E-state index contributed by atoms with van der Waals surface area (Å²) in [5, 5.41) is 19.6. The molecule has 0 fully saturated rings. The van der Waals surface area contributed by atoms with E-state index in [-0.39, 0.29) is 18.8 Å². The van der Waals surface area contributed by atoms with Crippen LogP contribution in [0.15, 0.2) is 0 Å². The van der Waals surface area contributed by atoms with Gasteiger partial charge in [0, 0.05) is 6.42 Å². The summed E-state index contributed by atoms with van der Waals surface area (Å²) in [5.41, 5.74) is 0. The van der Waals surface area contributed by atoms with Crippen molar-refractivity contribution in [1.29, 1.82) is 0 Å². The molecule has 0 aromatic carbocycles. The van der Waals surface area contributed by atoms with Gasteiger partial charge in [0.2, 0.25) is 5.91 Å². The van der Waals surface area contributed by atoms with E-state index in [1.54, 1.807) is 6.92 Å². The monoisotopic (exact) mass is 231 g/mol. The van der Waals surface area contributed by atoms with Gasteiger partial charge in [0.15, 0.2) is 0 Å². The molecule has 6 nitrogen and oxygen atoms in total. The van der Waals surface area contributed by atoms with E-state index in [1.165, 1.54) is 0 Å². The number of hydrogen-bond acceptors (Lipinski definition) is 3. The van der Waals surface area contributed by atoms with Gasteiger partial charge in [0.05, 0.1) is 6.42 Å². The van der Waals surface area contributed by atoms with Gasteiger partial charge in [-0.3, -0.25) is 9.59 Å². The minimum Gasteiger partial charge on any atom is -0.481 e. The molecule has 0 bridgehead atoms. The molecule has 0 aromatic heterocycles. The second kappa shape index (κ2) is 6.81. The Morgan fingerprint density at radius 1 is 1.19 bits per heavy atom. The molecule has 0 aliphatic rings. The highest BCUT2D eigenvalue weighted by Crippen LogP contribution is 2.08. The molecule has 6 heteroatoms. The maximum absolute atomic E-state index is 11.2. The van der Waals surface area contributed by atoms with Crippen molar-refractivity contribution in [2.24, 2.45) is 5.92 Å². The predicted molar refractivity (Wildman–Crippen MR) is 55.9 cm³/mol. The molecular weight excluding hydrogens is 214 g/mol. The van der Waals surface area contributed by atoms with Crippen LogP contribution in [-0.4, -0.2) is 34.1 Å². The van der Waals surface area contributed by atoms with Crippen molar-refractivity contribution in [2.45, 2.75) is 39.2 Å². The molecule has 3 N–H and O–H groups in total. The first-order valence-electron chi connectivity index (χ1n) is 5.12. The summed E-state index contributed by atoms with van der Waals surface area (Å²) in [4.78, 5) is 32.3. The van der Waals surface area contributed by atoms with E-state index in [2.05, 4.69) is 5.32 Å². The fraction of sp³-hybridized carbons (Fsp3) is 0.700. The third kappa shape index (κ3) is 5.33. The molecule has 0 radical (unpaired) electrons. The van der Waals surface area contributed by atoms with Crippen LogP contribution < -0.4 is 5.32 Å². The number of nitrogens with one attached hydrogen (secondary N) is 1. The number of aliphatic carboxylic acids is 2. The van der Waals surface area contributed by atoms with E-state index in [0.717, 1.165) is 0 Å². The van der Waals surface area contributed by atoms with Crippen LogP contribution in [0, 0.1) is 5.92 Å². The second-order valence-electron chi connectivity index (χ2n) is 3.66. The Balaban J connectivity index is 4.24. The van der Waals surface area contributed by atoms with Crippen molar-refractivity contribution >= 4 is 17.8 Å². The lowest BCUT2D eigenvalue weighted by atomic mass is 9.99. The van der Waals surface area contributed by atoms with Crippen molar-refractivity contribution in [2.75, 3.05) is 0 Å². The van der Waals surface area contributed by atoms with Gasteiger partial charge in [-0.05, 0) is 5.92 Å². The minimum atomic E-state index is -1.10. The fourth-order valence-corrected chi connectivity index (χ4v) is 1.15. The van der Waals surface area contributed by atoms with Gasteiger partial charge in [-0.25, -0.2) is 4.79 Å². The molecule has 92 valence electrons. The van der Waals surface area contributed by atoms with Crippen LogP contribution in [-0.2, 0) is 14.4 Å². The molecule has 0 heterocycles. The Labute approximate surface area is 93.6 Å². The summed E-state index contributed by atoms with van der Waals surface area (Å²) >= 11 is 0. The van der Waals surface area contributed by atoms with Crippen molar-refractivity contribution in [3.8, 4) is 0 Å². The van der Waals surface area contributed by atoms with Gasteiger partial charge in [-0.2, -0.15) is 0 Å². The standard InChI is InChI=1S/C10H17NO5/c1-3-6(2)9(10(15)16)11-7(12)4-5-8(13)14/h6,9H,3-5H2,1-2H3,(H,11,12)(H,13,14)(H,15,16)/t6-,9-/m1/s1. The zero-order valence-corrected chi connectivity index (χ0v) is 9.40. The van der Waals surface area contributed by atoms with E-state index < -0.39 is 23.9 Å². The summed E-state index contributed by atoms with van der Waals surface area (Å²) < 4.78 is 0. The number of carbonyl (C=O) groups excluding carboxylic acids is 1. The van der Waals surface area contributed by atoms with E-state index in [9.17, 15) is 14.4 Å². The van der Waals surface area contributed by atoms with E-state index in [4.69, 9.17) is 10.2 Å². The van der Waals surface area contributed by atoms with Gasteiger partial charge in [0.25, 0.3) is 0 Å². The molecule has 0 rings (SSSR count). The molecule has 2 atom stereocenters. The highest BCUT2D eigenvalue weighted by Gasteiger charge is 2.25. The maximum Gasteiger partial charge on any atom is 0.326 e. The number of amides is 1. The number of rotatable bonds is 7. The van der Waals surface area contributed by atoms with Gasteiger partial charge in [0.1, 0.15) is 6.04 Å². The topological polar surface area (TPSA) is 104 Å². The summed E-state index contributed by atoms with van der Waals surface area (Å²) in [6, 6.07) is -0.953. The highest BCUT2D eigenvalue weighted by molar-refractivity contribution is 5.85. The van der Waals surface area contributed by atoms with Crippen LogP contribution in [0.4, 0.5) is 0 Å². The van der Waals surface area contributed by atoms with Crippen LogP contribution in [0.3, 0.4) is 0 Å². The Kier molecular flexibility index (Phi) is 6.14. The van der Waals surface area contributed by atoms with Crippen molar-refractivity contribution in [3.63, 3.8) is 0 Å². The summed E-state index contributed by atoms with van der Waals surface area (Å²) in [6.07, 6.45) is 0.129. The van der Waals surface area contributed by atoms with Crippen LogP contribution >= 0.6 is 0 Å². The molecular formula is C10H17NO5. The molecule has 0 aliphatic heterocycles. The minimum absolute atomic E-state index is 0.189. The molecule has 0 aliphatic carbocycles. The van der Waals surface area contributed by atoms with Crippen molar-refractivity contribution in [1.82, 2.24) is 5.32 Å². The smallest absolute Gasteiger partial charge is 0.326 e. The van der Waals surface area contributed by atoms with Crippen LogP contribution in [0.5, 0.6) is 0 Å². The first kappa shape index (κ1) is 14.4.